The van der Waals surface area contributed by atoms with Crippen molar-refractivity contribution in [1.82, 2.24) is 4.90 Å². The number of hydrogen-bond acceptors (Lipinski definition) is 2. The van der Waals surface area contributed by atoms with E-state index in [0.29, 0.717) is 10.6 Å². The highest BCUT2D eigenvalue weighted by Crippen LogP contribution is 2.26. The van der Waals surface area contributed by atoms with Crippen molar-refractivity contribution in [2.45, 2.75) is 38.1 Å². The van der Waals surface area contributed by atoms with Gasteiger partial charge in [0.05, 0.1) is 17.0 Å². The Morgan fingerprint density at radius 1 is 1.25 bits per heavy atom. The first-order valence-electron chi connectivity index (χ1n) is 6.87. The summed E-state index contributed by atoms with van der Waals surface area (Å²) in [6.07, 6.45) is 4.02. The Balaban J connectivity index is 2.18. The summed E-state index contributed by atoms with van der Waals surface area (Å²) in [5, 5.41) is 9.26. The number of hydrogen-bond donors (Lipinski definition) is 1. The van der Waals surface area contributed by atoms with E-state index in [0.717, 1.165) is 25.7 Å². The minimum absolute atomic E-state index is 0.0350. The first-order chi connectivity index (χ1) is 9.59. The van der Waals surface area contributed by atoms with Gasteiger partial charge in [0.25, 0.3) is 5.91 Å². The van der Waals surface area contributed by atoms with E-state index in [2.05, 4.69) is 0 Å². The Bertz CT molecular complexity index is 498. The van der Waals surface area contributed by atoms with E-state index in [1.165, 1.54) is 0 Å². The molecule has 1 aromatic carbocycles. The van der Waals surface area contributed by atoms with Crippen LogP contribution in [-0.2, 0) is 4.79 Å². The standard InChI is InChI=1S/C15H18ClNO3/c16-13-8-4-3-7-12(13)15(20)17(10-9-14(18)19)11-5-1-2-6-11/h3-4,7-8,11H,1-2,5-6,9-10H2,(H,18,19). The average molecular weight is 296 g/mol. The lowest BCUT2D eigenvalue weighted by Gasteiger charge is -2.29. The maximum absolute atomic E-state index is 12.6. The summed E-state index contributed by atoms with van der Waals surface area (Å²) in [6.45, 7) is 0.240. The fourth-order valence-corrected chi connectivity index (χ4v) is 2.89. The Hall–Kier alpha value is -1.55. The van der Waals surface area contributed by atoms with Crippen molar-refractivity contribution in [1.29, 1.82) is 0 Å². The van der Waals surface area contributed by atoms with Gasteiger partial charge in [-0.05, 0) is 25.0 Å². The third-order valence-corrected chi connectivity index (χ3v) is 4.03. The molecule has 1 fully saturated rings. The molecule has 4 nitrogen and oxygen atoms in total. The molecule has 1 N–H and O–H groups in total. The molecule has 1 saturated carbocycles. The normalized spacial score (nSPS) is 15.2. The Morgan fingerprint density at radius 3 is 2.50 bits per heavy atom. The maximum Gasteiger partial charge on any atom is 0.305 e. The minimum Gasteiger partial charge on any atom is -0.481 e. The number of halogens is 1. The quantitative estimate of drug-likeness (QED) is 0.907. The van der Waals surface area contributed by atoms with Crippen LogP contribution >= 0.6 is 11.6 Å². The number of carboxylic acids is 1. The van der Waals surface area contributed by atoms with Gasteiger partial charge in [-0.2, -0.15) is 0 Å². The van der Waals surface area contributed by atoms with Crippen molar-refractivity contribution in [2.24, 2.45) is 0 Å². The highest BCUT2D eigenvalue weighted by Gasteiger charge is 2.28. The minimum atomic E-state index is -0.889. The van der Waals surface area contributed by atoms with Crippen molar-refractivity contribution >= 4 is 23.5 Å². The molecule has 0 saturated heterocycles. The summed E-state index contributed by atoms with van der Waals surface area (Å²) in [6, 6.07) is 7.05. The van der Waals surface area contributed by atoms with Gasteiger partial charge in [-0.3, -0.25) is 9.59 Å². The summed E-state index contributed by atoms with van der Waals surface area (Å²) >= 11 is 6.07. The fraction of sp³-hybridized carbons (Fsp3) is 0.467. The number of aliphatic carboxylic acids is 1. The number of benzene rings is 1. The van der Waals surface area contributed by atoms with Crippen LogP contribution in [0.5, 0.6) is 0 Å². The summed E-state index contributed by atoms with van der Waals surface area (Å²) < 4.78 is 0. The van der Waals surface area contributed by atoms with Gasteiger partial charge in [-0.1, -0.05) is 36.6 Å². The lowest BCUT2D eigenvalue weighted by molar-refractivity contribution is -0.137. The highest BCUT2D eigenvalue weighted by molar-refractivity contribution is 6.33. The monoisotopic (exact) mass is 295 g/mol. The van der Waals surface area contributed by atoms with Gasteiger partial charge < -0.3 is 10.0 Å². The molecule has 1 aromatic rings. The zero-order chi connectivity index (χ0) is 14.5. The summed E-state index contributed by atoms with van der Waals surface area (Å²) in [5.74, 6) is -1.05. The molecule has 1 aliphatic carbocycles. The van der Waals surface area contributed by atoms with E-state index in [-0.39, 0.29) is 24.9 Å². The molecule has 0 aromatic heterocycles. The lowest BCUT2D eigenvalue weighted by Crippen LogP contribution is -2.40. The number of nitrogens with zero attached hydrogens (tertiary/aromatic N) is 1. The molecule has 0 heterocycles. The number of rotatable bonds is 5. The van der Waals surface area contributed by atoms with E-state index in [4.69, 9.17) is 16.7 Å². The van der Waals surface area contributed by atoms with E-state index in [1.807, 2.05) is 0 Å². The highest BCUT2D eigenvalue weighted by atomic mass is 35.5. The van der Waals surface area contributed by atoms with Gasteiger partial charge in [0, 0.05) is 12.6 Å². The lowest BCUT2D eigenvalue weighted by atomic mass is 10.1. The third-order valence-electron chi connectivity index (χ3n) is 3.70. The molecule has 108 valence electrons. The van der Waals surface area contributed by atoms with E-state index >= 15 is 0 Å². The van der Waals surface area contributed by atoms with Crippen LogP contribution in [0.3, 0.4) is 0 Å². The number of amides is 1. The molecule has 0 spiro atoms. The SMILES string of the molecule is O=C(O)CCN(C(=O)c1ccccc1Cl)C1CCCC1. The van der Waals surface area contributed by atoms with Gasteiger partial charge in [0.1, 0.15) is 0 Å². The van der Waals surface area contributed by atoms with Crippen LogP contribution in [0.4, 0.5) is 0 Å². The first kappa shape index (κ1) is 14.9. The molecular weight excluding hydrogens is 278 g/mol. The van der Waals surface area contributed by atoms with Crippen LogP contribution in [0.1, 0.15) is 42.5 Å². The second-order valence-electron chi connectivity index (χ2n) is 5.06. The van der Waals surface area contributed by atoms with Gasteiger partial charge in [-0.15, -0.1) is 0 Å². The van der Waals surface area contributed by atoms with Crippen LogP contribution in [0, 0.1) is 0 Å². The smallest absolute Gasteiger partial charge is 0.305 e. The summed E-state index contributed by atoms with van der Waals surface area (Å²) in [5.41, 5.74) is 0.450. The van der Waals surface area contributed by atoms with Gasteiger partial charge >= 0.3 is 5.97 Å². The third kappa shape index (κ3) is 3.51. The predicted octanol–water partition coefficient (Wildman–Crippen LogP) is 3.20. The molecular formula is C15H18ClNO3. The fourth-order valence-electron chi connectivity index (χ4n) is 2.67. The van der Waals surface area contributed by atoms with Crippen molar-refractivity contribution < 1.29 is 14.7 Å². The Morgan fingerprint density at radius 2 is 1.90 bits per heavy atom. The van der Waals surface area contributed by atoms with Gasteiger partial charge in [0.2, 0.25) is 0 Å². The number of carboxylic acid groups (broad SMARTS) is 1. The van der Waals surface area contributed by atoms with E-state index in [9.17, 15) is 9.59 Å². The van der Waals surface area contributed by atoms with Crippen LogP contribution in [0.25, 0.3) is 0 Å². The molecule has 0 radical (unpaired) electrons. The maximum atomic E-state index is 12.6. The molecule has 1 aliphatic rings. The zero-order valence-electron chi connectivity index (χ0n) is 11.2. The molecule has 0 bridgehead atoms. The molecule has 2 rings (SSSR count). The van der Waals surface area contributed by atoms with E-state index in [1.54, 1.807) is 29.2 Å². The van der Waals surface area contributed by atoms with Crippen LogP contribution in [0.15, 0.2) is 24.3 Å². The van der Waals surface area contributed by atoms with Crippen molar-refractivity contribution in [2.75, 3.05) is 6.54 Å². The Labute approximate surface area is 123 Å². The van der Waals surface area contributed by atoms with Crippen molar-refractivity contribution in [3.63, 3.8) is 0 Å². The largest absolute Gasteiger partial charge is 0.481 e. The molecule has 0 atom stereocenters. The summed E-state index contributed by atoms with van der Waals surface area (Å²) in [7, 11) is 0. The second kappa shape index (κ2) is 6.75. The topological polar surface area (TPSA) is 57.6 Å². The van der Waals surface area contributed by atoms with Crippen molar-refractivity contribution in [3.05, 3.63) is 34.9 Å². The molecule has 5 heteroatoms. The Kier molecular flexibility index (Phi) is 5.01. The zero-order valence-corrected chi connectivity index (χ0v) is 12.0. The second-order valence-corrected chi connectivity index (χ2v) is 5.47. The average Bonchev–Trinajstić information content (AvgIpc) is 2.93. The van der Waals surface area contributed by atoms with Crippen molar-refractivity contribution in [3.8, 4) is 0 Å². The predicted molar refractivity (Wildman–Crippen MR) is 77.0 cm³/mol. The van der Waals surface area contributed by atoms with Crippen LogP contribution in [0.2, 0.25) is 5.02 Å². The van der Waals surface area contributed by atoms with Crippen LogP contribution < -0.4 is 0 Å². The molecule has 0 aliphatic heterocycles. The molecule has 1 amide bonds. The number of carbonyl (C=O) groups excluding carboxylic acids is 1. The molecule has 20 heavy (non-hydrogen) atoms. The number of carbonyl (C=O) groups is 2. The van der Waals surface area contributed by atoms with Gasteiger partial charge in [-0.25, -0.2) is 0 Å². The molecule has 0 unspecified atom stereocenters. The van der Waals surface area contributed by atoms with Crippen LogP contribution in [-0.4, -0.2) is 34.5 Å². The summed E-state index contributed by atoms with van der Waals surface area (Å²) in [4.78, 5) is 25.1. The first-order valence-corrected chi connectivity index (χ1v) is 7.24. The van der Waals surface area contributed by atoms with Gasteiger partial charge in [0.15, 0.2) is 0 Å². The van der Waals surface area contributed by atoms with E-state index < -0.39 is 5.97 Å².